The van der Waals surface area contributed by atoms with Crippen LogP contribution in [0, 0.1) is 0 Å². The molecule has 0 aromatic heterocycles. The lowest BCUT2D eigenvalue weighted by molar-refractivity contribution is -0.132. The van der Waals surface area contributed by atoms with Crippen LogP contribution in [0.4, 0.5) is 0 Å². The van der Waals surface area contributed by atoms with E-state index >= 15 is 0 Å². The molecule has 0 aliphatic rings. The zero-order chi connectivity index (χ0) is 16.3. The first kappa shape index (κ1) is 19.0. The van der Waals surface area contributed by atoms with E-state index in [0.29, 0.717) is 0 Å². The van der Waals surface area contributed by atoms with Gasteiger partial charge >= 0.3 is 5.97 Å². The molecule has 0 fully saturated rings. The van der Waals surface area contributed by atoms with Crippen molar-refractivity contribution in [2.45, 2.75) is 44.1 Å². The molecule has 0 amide bonds. The predicted molar refractivity (Wildman–Crippen MR) is 71.6 cm³/mol. The molecule has 8 nitrogen and oxygen atoms in total. The van der Waals surface area contributed by atoms with Crippen LogP contribution in [0.3, 0.4) is 0 Å². The Labute approximate surface area is 118 Å². The van der Waals surface area contributed by atoms with Gasteiger partial charge in [0.25, 0.3) is 20.2 Å². The molecular weight excluding hydrogens is 312 g/mol. The van der Waals surface area contributed by atoms with Crippen molar-refractivity contribution < 1.29 is 35.8 Å². The van der Waals surface area contributed by atoms with E-state index in [1.807, 2.05) is 0 Å². The number of rotatable bonds is 7. The summed E-state index contributed by atoms with van der Waals surface area (Å²) in [6, 6.07) is 0. The summed E-state index contributed by atoms with van der Waals surface area (Å²) in [6.45, 7) is 3.73. The molecule has 0 aromatic rings. The van der Waals surface area contributed by atoms with Crippen LogP contribution in [0.5, 0.6) is 0 Å². The van der Waals surface area contributed by atoms with Gasteiger partial charge in [0, 0.05) is 5.57 Å². The summed E-state index contributed by atoms with van der Waals surface area (Å²) in [5, 5.41) is 5.56. The number of carboxylic acid groups (broad SMARTS) is 1. The van der Waals surface area contributed by atoms with Crippen molar-refractivity contribution >= 4 is 26.2 Å². The van der Waals surface area contributed by atoms with Crippen LogP contribution in [0.2, 0.25) is 0 Å². The minimum atomic E-state index is -4.70. The average molecular weight is 330 g/mol. The third-order valence-corrected chi connectivity index (χ3v) is 5.52. The Morgan fingerprint density at radius 3 is 1.40 bits per heavy atom. The summed E-state index contributed by atoms with van der Waals surface area (Å²) in [4.78, 5) is 11.0. The molecule has 0 saturated carbocycles. The molecule has 20 heavy (non-hydrogen) atoms. The minimum absolute atomic E-state index is 0.231. The fourth-order valence-electron chi connectivity index (χ4n) is 2.00. The van der Waals surface area contributed by atoms with Gasteiger partial charge in [0.2, 0.25) is 0 Å². The molecule has 0 rings (SSSR count). The normalized spacial score (nSPS) is 15.4. The molecule has 0 radical (unpaired) electrons. The number of aliphatic carboxylic acids is 1. The van der Waals surface area contributed by atoms with E-state index in [4.69, 9.17) is 14.2 Å². The first-order chi connectivity index (χ1) is 8.87. The van der Waals surface area contributed by atoms with E-state index in [-0.39, 0.29) is 12.8 Å². The van der Waals surface area contributed by atoms with Gasteiger partial charge in [-0.2, -0.15) is 16.8 Å². The van der Waals surface area contributed by atoms with Gasteiger partial charge in [-0.15, -0.1) is 0 Å². The first-order valence-corrected chi connectivity index (χ1v) is 8.75. The number of hydrogen-bond donors (Lipinski definition) is 3. The fraction of sp³-hybridized carbons (Fsp3) is 0.700. The molecule has 2 unspecified atom stereocenters. The smallest absolute Gasteiger partial charge is 0.331 e. The summed E-state index contributed by atoms with van der Waals surface area (Å²) < 4.78 is 63.6. The first-order valence-electron chi connectivity index (χ1n) is 5.74. The zero-order valence-corrected chi connectivity index (χ0v) is 12.9. The highest BCUT2D eigenvalue weighted by atomic mass is 32.2. The van der Waals surface area contributed by atoms with Gasteiger partial charge in [-0.3, -0.25) is 9.11 Å². The standard InChI is InChI=1S/C10H18O8S2/c1-4-7(19(13,14)15)9(6(3)10(11)12)8(5-2)20(16,17)18/h7-8H,4-5H2,1-3H3,(H,11,12)(H,13,14,15)(H,16,17,18). The van der Waals surface area contributed by atoms with Crippen molar-refractivity contribution in [2.24, 2.45) is 0 Å². The Hall–Kier alpha value is -0.970. The van der Waals surface area contributed by atoms with Crippen molar-refractivity contribution in [3.05, 3.63) is 11.1 Å². The number of carboxylic acids is 1. The Bertz CT molecular complexity index is 557. The van der Waals surface area contributed by atoms with Crippen molar-refractivity contribution in [1.29, 1.82) is 0 Å². The fourth-order valence-corrected chi connectivity index (χ4v) is 4.25. The highest BCUT2D eigenvalue weighted by Crippen LogP contribution is 2.28. The van der Waals surface area contributed by atoms with Gasteiger partial charge in [-0.1, -0.05) is 13.8 Å². The molecule has 0 aromatic carbocycles. The maximum atomic E-state index is 11.3. The number of hydrogen-bond acceptors (Lipinski definition) is 5. The summed E-state index contributed by atoms with van der Waals surface area (Å²) in [7, 11) is -9.41. The summed E-state index contributed by atoms with van der Waals surface area (Å²) in [5.74, 6) is -1.52. The second-order valence-electron chi connectivity index (χ2n) is 4.21. The van der Waals surface area contributed by atoms with E-state index in [0.717, 1.165) is 6.92 Å². The number of carbonyl (C=O) groups is 1. The summed E-state index contributed by atoms with van der Waals surface area (Å²) >= 11 is 0. The highest BCUT2D eigenvalue weighted by molar-refractivity contribution is 7.87. The minimum Gasteiger partial charge on any atom is -0.478 e. The molecule has 0 spiro atoms. The molecule has 3 N–H and O–H groups in total. The van der Waals surface area contributed by atoms with Crippen molar-refractivity contribution in [2.75, 3.05) is 0 Å². The van der Waals surface area contributed by atoms with Crippen LogP contribution in [-0.4, -0.2) is 47.5 Å². The van der Waals surface area contributed by atoms with Crippen molar-refractivity contribution in [3.8, 4) is 0 Å². The van der Waals surface area contributed by atoms with E-state index < -0.39 is 47.9 Å². The van der Waals surface area contributed by atoms with Gasteiger partial charge in [0.05, 0.1) is 0 Å². The molecule has 0 bridgehead atoms. The molecule has 118 valence electrons. The lowest BCUT2D eigenvalue weighted by atomic mass is 9.99. The molecule has 10 heteroatoms. The molecule has 0 saturated heterocycles. The average Bonchev–Trinajstić information content (AvgIpc) is 2.24. The highest BCUT2D eigenvalue weighted by Gasteiger charge is 2.38. The second-order valence-corrected chi connectivity index (χ2v) is 7.41. The van der Waals surface area contributed by atoms with Crippen LogP contribution in [0.1, 0.15) is 33.6 Å². The maximum absolute atomic E-state index is 11.3. The molecule has 2 atom stereocenters. The SMILES string of the molecule is CCC(C(=C(C)C(=O)O)C(CC)S(=O)(=O)O)S(=O)(=O)O. The van der Waals surface area contributed by atoms with Crippen LogP contribution in [0.25, 0.3) is 0 Å². The monoisotopic (exact) mass is 330 g/mol. The molecule has 0 heterocycles. The molecular formula is C10H18O8S2. The van der Waals surface area contributed by atoms with Crippen LogP contribution in [-0.2, 0) is 25.0 Å². The van der Waals surface area contributed by atoms with Crippen LogP contribution >= 0.6 is 0 Å². The largest absolute Gasteiger partial charge is 0.478 e. The van der Waals surface area contributed by atoms with Gasteiger partial charge in [0.1, 0.15) is 10.5 Å². The topological polar surface area (TPSA) is 146 Å². The van der Waals surface area contributed by atoms with Gasteiger partial charge in [-0.05, 0) is 25.3 Å². The van der Waals surface area contributed by atoms with E-state index in [9.17, 15) is 21.6 Å². The van der Waals surface area contributed by atoms with Crippen LogP contribution in [0.15, 0.2) is 11.1 Å². The van der Waals surface area contributed by atoms with Gasteiger partial charge in [0.15, 0.2) is 0 Å². The summed E-state index contributed by atoms with van der Waals surface area (Å²) in [5.41, 5.74) is -1.05. The lowest BCUT2D eigenvalue weighted by Gasteiger charge is -2.23. The van der Waals surface area contributed by atoms with E-state index in [1.165, 1.54) is 13.8 Å². The van der Waals surface area contributed by atoms with Crippen LogP contribution < -0.4 is 0 Å². The Kier molecular flexibility index (Phi) is 6.33. The molecule has 0 aliphatic carbocycles. The van der Waals surface area contributed by atoms with E-state index in [2.05, 4.69) is 0 Å². The predicted octanol–water partition coefficient (Wildman–Crippen LogP) is 0.720. The third-order valence-electron chi connectivity index (χ3n) is 2.91. The third kappa shape index (κ3) is 4.54. The summed E-state index contributed by atoms with van der Waals surface area (Å²) in [6.07, 6.45) is -0.463. The van der Waals surface area contributed by atoms with Crippen molar-refractivity contribution in [3.63, 3.8) is 0 Å². The lowest BCUT2D eigenvalue weighted by Crippen LogP contribution is -2.35. The van der Waals surface area contributed by atoms with Gasteiger partial charge in [-0.25, -0.2) is 4.79 Å². The van der Waals surface area contributed by atoms with Gasteiger partial charge < -0.3 is 5.11 Å². The second kappa shape index (κ2) is 6.66. The Balaban J connectivity index is 6.42. The maximum Gasteiger partial charge on any atom is 0.331 e. The Morgan fingerprint density at radius 2 is 1.25 bits per heavy atom. The molecule has 0 aliphatic heterocycles. The quantitative estimate of drug-likeness (QED) is 0.457. The van der Waals surface area contributed by atoms with E-state index in [1.54, 1.807) is 0 Å². The zero-order valence-electron chi connectivity index (χ0n) is 11.3. The van der Waals surface area contributed by atoms with Crippen molar-refractivity contribution in [1.82, 2.24) is 0 Å². The Morgan fingerprint density at radius 1 is 0.950 bits per heavy atom.